The molecular formula is C24H31FN2O3. The molecule has 2 aromatic rings. The van der Waals surface area contributed by atoms with E-state index >= 15 is 0 Å². The van der Waals surface area contributed by atoms with Gasteiger partial charge in [-0.25, -0.2) is 4.39 Å². The van der Waals surface area contributed by atoms with Crippen LogP contribution in [0.25, 0.3) is 6.08 Å². The number of benzene rings is 2. The Labute approximate surface area is 178 Å². The van der Waals surface area contributed by atoms with Crippen molar-refractivity contribution in [2.45, 2.75) is 19.3 Å². The van der Waals surface area contributed by atoms with Crippen molar-refractivity contribution >= 4 is 12.0 Å². The quantitative estimate of drug-likeness (QED) is 0.535. The minimum Gasteiger partial charge on any atom is -0.493 e. The maximum absolute atomic E-state index is 13.5. The van der Waals surface area contributed by atoms with Crippen LogP contribution in [-0.4, -0.2) is 51.7 Å². The van der Waals surface area contributed by atoms with E-state index in [1.807, 2.05) is 18.2 Å². The molecule has 0 atom stereocenters. The van der Waals surface area contributed by atoms with E-state index in [0.717, 1.165) is 37.4 Å². The molecule has 0 aliphatic heterocycles. The highest BCUT2D eigenvalue weighted by Crippen LogP contribution is 2.27. The lowest BCUT2D eigenvalue weighted by Gasteiger charge is -2.17. The highest BCUT2D eigenvalue weighted by molar-refractivity contribution is 5.78. The van der Waals surface area contributed by atoms with Gasteiger partial charge in [0.1, 0.15) is 5.82 Å². The van der Waals surface area contributed by atoms with Gasteiger partial charge in [0, 0.05) is 25.1 Å². The van der Waals surface area contributed by atoms with E-state index in [0.29, 0.717) is 12.1 Å². The van der Waals surface area contributed by atoms with Crippen molar-refractivity contribution in [2.24, 2.45) is 0 Å². The third-order valence-corrected chi connectivity index (χ3v) is 4.77. The van der Waals surface area contributed by atoms with Gasteiger partial charge in [-0.2, -0.15) is 0 Å². The number of halogens is 1. The van der Waals surface area contributed by atoms with E-state index in [-0.39, 0.29) is 18.1 Å². The van der Waals surface area contributed by atoms with Crippen LogP contribution >= 0.6 is 0 Å². The van der Waals surface area contributed by atoms with Crippen molar-refractivity contribution in [1.82, 2.24) is 10.2 Å². The third kappa shape index (κ3) is 7.87. The molecule has 162 valence electrons. The standard InChI is InChI=1S/C24H31FN2O3/c1-27(17-14-19-12-13-22(29-2)23(18-19)30-3)16-7-15-26-24(28)11-6-9-20-8-4-5-10-21(20)25/h4-6,8-10,12-13,18H,7,11,14-17H2,1-3H3,(H,26,28). The lowest BCUT2D eigenvalue weighted by Crippen LogP contribution is -2.28. The summed E-state index contributed by atoms with van der Waals surface area (Å²) in [5, 5.41) is 2.90. The number of hydrogen-bond acceptors (Lipinski definition) is 4. The number of nitrogens with one attached hydrogen (secondary N) is 1. The first-order valence-corrected chi connectivity index (χ1v) is 10.1. The summed E-state index contributed by atoms with van der Waals surface area (Å²) in [6.07, 6.45) is 5.33. The molecule has 0 aliphatic carbocycles. The second-order valence-corrected chi connectivity index (χ2v) is 7.07. The molecule has 2 rings (SSSR count). The zero-order chi connectivity index (χ0) is 21.8. The maximum atomic E-state index is 13.5. The first kappa shape index (κ1) is 23.4. The maximum Gasteiger partial charge on any atom is 0.223 e. The topological polar surface area (TPSA) is 50.8 Å². The molecule has 0 unspecified atom stereocenters. The second kappa shape index (κ2) is 12.6. The Kier molecular flexibility index (Phi) is 9.87. The van der Waals surface area contributed by atoms with Crippen LogP contribution in [0.15, 0.2) is 48.5 Å². The van der Waals surface area contributed by atoms with E-state index in [9.17, 15) is 9.18 Å². The molecule has 0 spiro atoms. The van der Waals surface area contributed by atoms with Crippen molar-refractivity contribution in [1.29, 1.82) is 0 Å². The predicted molar refractivity (Wildman–Crippen MR) is 118 cm³/mol. The molecule has 1 amide bonds. The Morgan fingerprint density at radius 1 is 1.10 bits per heavy atom. The van der Waals surface area contributed by atoms with Gasteiger partial charge in [-0.15, -0.1) is 0 Å². The van der Waals surface area contributed by atoms with E-state index < -0.39 is 0 Å². The van der Waals surface area contributed by atoms with Crippen molar-refractivity contribution in [3.63, 3.8) is 0 Å². The molecule has 0 aliphatic rings. The Balaban J connectivity index is 1.62. The summed E-state index contributed by atoms with van der Waals surface area (Å²) in [6.45, 7) is 2.42. The van der Waals surface area contributed by atoms with Gasteiger partial charge < -0.3 is 19.7 Å². The molecule has 0 radical (unpaired) electrons. The van der Waals surface area contributed by atoms with Crippen LogP contribution in [0.1, 0.15) is 24.0 Å². The molecule has 6 heteroatoms. The molecule has 0 bridgehead atoms. The molecule has 1 N–H and O–H groups in total. The first-order chi connectivity index (χ1) is 14.5. The number of rotatable bonds is 12. The largest absolute Gasteiger partial charge is 0.493 e. The molecular weight excluding hydrogens is 383 g/mol. The van der Waals surface area contributed by atoms with Gasteiger partial charge in [-0.05, 0) is 50.2 Å². The van der Waals surface area contributed by atoms with Gasteiger partial charge in [0.25, 0.3) is 0 Å². The number of carbonyl (C=O) groups is 1. The summed E-state index contributed by atoms with van der Waals surface area (Å²) in [6, 6.07) is 12.5. The minimum atomic E-state index is -0.287. The molecule has 2 aromatic carbocycles. The van der Waals surface area contributed by atoms with E-state index in [1.165, 1.54) is 11.6 Å². The minimum absolute atomic E-state index is 0.0597. The van der Waals surface area contributed by atoms with Crippen LogP contribution < -0.4 is 14.8 Å². The Morgan fingerprint density at radius 3 is 2.60 bits per heavy atom. The zero-order valence-corrected chi connectivity index (χ0v) is 18.0. The summed E-state index contributed by atoms with van der Waals surface area (Å²) in [7, 11) is 5.33. The lowest BCUT2D eigenvalue weighted by atomic mass is 10.1. The molecule has 0 heterocycles. The van der Waals surface area contributed by atoms with Crippen LogP contribution in [-0.2, 0) is 11.2 Å². The van der Waals surface area contributed by atoms with Crippen LogP contribution in [0.4, 0.5) is 4.39 Å². The van der Waals surface area contributed by atoms with Gasteiger partial charge in [-0.1, -0.05) is 36.4 Å². The fraction of sp³-hybridized carbons (Fsp3) is 0.375. The molecule has 30 heavy (non-hydrogen) atoms. The Morgan fingerprint density at radius 2 is 1.87 bits per heavy atom. The van der Waals surface area contributed by atoms with Gasteiger partial charge in [-0.3, -0.25) is 4.79 Å². The van der Waals surface area contributed by atoms with Gasteiger partial charge in [0.2, 0.25) is 5.91 Å². The normalized spacial score (nSPS) is 11.1. The van der Waals surface area contributed by atoms with Crippen LogP contribution in [0.5, 0.6) is 11.5 Å². The van der Waals surface area contributed by atoms with Crippen molar-refractivity contribution in [3.05, 3.63) is 65.5 Å². The molecule has 0 saturated heterocycles. The van der Waals surface area contributed by atoms with E-state index in [4.69, 9.17) is 9.47 Å². The number of carbonyl (C=O) groups excluding carboxylic acids is 1. The highest BCUT2D eigenvalue weighted by atomic mass is 19.1. The van der Waals surface area contributed by atoms with Crippen LogP contribution in [0, 0.1) is 5.82 Å². The van der Waals surface area contributed by atoms with Crippen molar-refractivity contribution in [2.75, 3.05) is 40.9 Å². The monoisotopic (exact) mass is 414 g/mol. The number of ether oxygens (including phenoxy) is 2. The fourth-order valence-electron chi connectivity index (χ4n) is 3.02. The summed E-state index contributed by atoms with van der Waals surface area (Å²) in [5.74, 6) is 1.12. The Bertz CT molecular complexity index is 839. The van der Waals surface area contributed by atoms with Gasteiger partial charge in [0.05, 0.1) is 14.2 Å². The number of hydrogen-bond donors (Lipinski definition) is 1. The summed E-state index contributed by atoms with van der Waals surface area (Å²) < 4.78 is 24.1. The lowest BCUT2D eigenvalue weighted by molar-refractivity contribution is -0.120. The SMILES string of the molecule is COc1ccc(CCN(C)CCCNC(=O)CC=Cc2ccccc2F)cc1OC. The number of methoxy groups -OCH3 is 2. The van der Waals surface area contributed by atoms with E-state index in [2.05, 4.69) is 17.3 Å². The van der Waals surface area contributed by atoms with Crippen LogP contribution in [0.2, 0.25) is 0 Å². The van der Waals surface area contributed by atoms with E-state index in [1.54, 1.807) is 44.6 Å². The summed E-state index contributed by atoms with van der Waals surface area (Å²) >= 11 is 0. The number of nitrogens with zero attached hydrogens (tertiary/aromatic N) is 1. The molecule has 5 nitrogen and oxygen atoms in total. The fourth-order valence-corrected chi connectivity index (χ4v) is 3.02. The average molecular weight is 415 g/mol. The predicted octanol–water partition coefficient (Wildman–Crippen LogP) is 3.93. The highest BCUT2D eigenvalue weighted by Gasteiger charge is 2.06. The summed E-state index contributed by atoms with van der Waals surface area (Å²) in [5.41, 5.74) is 1.68. The van der Waals surface area contributed by atoms with Crippen molar-refractivity contribution < 1.29 is 18.7 Å². The van der Waals surface area contributed by atoms with Gasteiger partial charge >= 0.3 is 0 Å². The number of likely N-dealkylation sites (N-methyl/N-ethyl adjacent to an activating group) is 1. The first-order valence-electron chi connectivity index (χ1n) is 10.1. The second-order valence-electron chi connectivity index (χ2n) is 7.07. The zero-order valence-electron chi connectivity index (χ0n) is 18.0. The smallest absolute Gasteiger partial charge is 0.223 e. The van der Waals surface area contributed by atoms with Crippen molar-refractivity contribution in [3.8, 4) is 11.5 Å². The number of amides is 1. The Hall–Kier alpha value is -2.86. The molecule has 0 aromatic heterocycles. The van der Waals surface area contributed by atoms with Gasteiger partial charge in [0.15, 0.2) is 11.5 Å². The average Bonchev–Trinajstić information content (AvgIpc) is 2.76. The summed E-state index contributed by atoms with van der Waals surface area (Å²) in [4.78, 5) is 14.1. The molecule has 0 fully saturated rings. The van der Waals surface area contributed by atoms with Crippen LogP contribution in [0.3, 0.4) is 0 Å². The molecule has 0 saturated carbocycles. The third-order valence-electron chi connectivity index (χ3n) is 4.77.